The molecule has 0 saturated carbocycles. The number of rotatable bonds is 2. The minimum absolute atomic E-state index is 0.279. The van der Waals surface area contributed by atoms with Gasteiger partial charge >= 0.3 is 0 Å². The first-order valence-corrected chi connectivity index (χ1v) is 13.3. The predicted octanol–water partition coefficient (Wildman–Crippen LogP) is 5.72. The Morgan fingerprint density at radius 1 is 1.11 bits per heavy atom. The molecule has 0 aliphatic carbocycles. The van der Waals surface area contributed by atoms with Gasteiger partial charge in [-0.3, -0.25) is 10.1 Å². The highest BCUT2D eigenvalue weighted by molar-refractivity contribution is 5.95. The average molecular weight is 517 g/mol. The summed E-state index contributed by atoms with van der Waals surface area (Å²) in [7, 11) is 0. The van der Waals surface area contributed by atoms with Crippen molar-refractivity contribution in [1.29, 1.82) is 0 Å². The van der Waals surface area contributed by atoms with Crippen LogP contribution in [0.2, 0.25) is 0 Å². The van der Waals surface area contributed by atoms with E-state index in [1.54, 1.807) is 12.3 Å². The Morgan fingerprint density at radius 3 is 2.76 bits per heavy atom. The summed E-state index contributed by atoms with van der Waals surface area (Å²) in [5, 5.41) is 19.0. The lowest BCUT2D eigenvalue weighted by Gasteiger charge is -2.39. The third-order valence-electron chi connectivity index (χ3n) is 7.82. The van der Waals surface area contributed by atoms with Crippen LogP contribution < -0.4 is 9.64 Å². The fourth-order valence-corrected chi connectivity index (χ4v) is 5.64. The second-order valence-corrected chi connectivity index (χ2v) is 10.8. The summed E-state index contributed by atoms with van der Waals surface area (Å²) >= 11 is 0. The van der Waals surface area contributed by atoms with Crippen LogP contribution in [0, 0.1) is 11.7 Å². The molecule has 0 radical (unpaired) electrons. The fraction of sp³-hybridized carbons (Fsp3) is 0.400. The van der Waals surface area contributed by atoms with Crippen molar-refractivity contribution in [3.8, 4) is 28.3 Å². The first-order chi connectivity index (χ1) is 18.4. The molecule has 0 amide bonds. The summed E-state index contributed by atoms with van der Waals surface area (Å²) in [4.78, 5) is 6.89. The van der Waals surface area contributed by atoms with Crippen molar-refractivity contribution in [3.05, 3.63) is 60.0 Å². The van der Waals surface area contributed by atoms with Gasteiger partial charge in [-0.2, -0.15) is 5.10 Å². The Kier molecular flexibility index (Phi) is 6.53. The lowest BCUT2D eigenvalue weighted by atomic mass is 9.83. The zero-order valence-electron chi connectivity index (χ0n) is 21.8. The molecule has 0 spiro atoms. The minimum Gasteiger partial charge on any atom is -0.491 e. The number of benzene rings is 2. The Hall–Kier alpha value is -3.49. The van der Waals surface area contributed by atoms with Gasteiger partial charge in [-0.25, -0.2) is 4.39 Å². The van der Waals surface area contributed by atoms with Gasteiger partial charge in [0.05, 0.1) is 48.5 Å². The first-order valence-electron chi connectivity index (χ1n) is 13.3. The molecule has 4 bridgehead atoms. The Balaban J connectivity index is 1.41. The van der Waals surface area contributed by atoms with Crippen LogP contribution in [0.15, 0.2) is 48.7 Å². The van der Waals surface area contributed by atoms with E-state index in [0.717, 1.165) is 65.1 Å². The fourth-order valence-electron chi connectivity index (χ4n) is 5.64. The molecule has 2 aliphatic heterocycles. The van der Waals surface area contributed by atoms with E-state index in [-0.39, 0.29) is 11.7 Å². The first kappa shape index (κ1) is 24.8. The topological polar surface area (TPSA) is 83.5 Å². The third kappa shape index (κ3) is 4.74. The zero-order chi connectivity index (χ0) is 26.3. The van der Waals surface area contributed by atoms with Crippen LogP contribution in [0.5, 0.6) is 5.75 Å². The molecule has 7 nitrogen and oxygen atoms in total. The van der Waals surface area contributed by atoms with Gasteiger partial charge in [0.25, 0.3) is 0 Å². The number of hydrogen-bond donors (Lipinski definition) is 2. The lowest BCUT2D eigenvalue weighted by molar-refractivity contribution is 0.00649. The van der Waals surface area contributed by atoms with Crippen LogP contribution in [-0.2, 0) is 11.3 Å². The van der Waals surface area contributed by atoms with E-state index in [1.165, 1.54) is 6.07 Å². The van der Waals surface area contributed by atoms with Crippen LogP contribution in [0.25, 0.3) is 33.4 Å². The molecule has 2 N–H and O–H groups in total. The molecule has 1 saturated heterocycles. The maximum atomic E-state index is 15.0. The van der Waals surface area contributed by atoms with E-state index in [0.29, 0.717) is 37.5 Å². The molecule has 38 heavy (non-hydrogen) atoms. The number of aromatic amines is 1. The van der Waals surface area contributed by atoms with Gasteiger partial charge in [-0.15, -0.1) is 0 Å². The highest BCUT2D eigenvalue weighted by atomic mass is 19.1. The second kappa shape index (κ2) is 10.0. The number of halogens is 1. The van der Waals surface area contributed by atoms with E-state index in [4.69, 9.17) is 9.47 Å². The molecule has 6 rings (SSSR count). The number of pyridine rings is 1. The Bertz CT molecular complexity index is 1450. The average Bonchev–Trinajstić information content (AvgIpc) is 3.33. The molecular weight excluding hydrogens is 483 g/mol. The van der Waals surface area contributed by atoms with E-state index in [2.05, 4.69) is 32.2 Å². The normalized spacial score (nSPS) is 17.1. The Labute approximate surface area is 221 Å². The summed E-state index contributed by atoms with van der Waals surface area (Å²) in [5.41, 5.74) is 4.61. The van der Waals surface area contributed by atoms with E-state index in [9.17, 15) is 5.11 Å². The number of anilines is 1. The molecule has 2 aromatic heterocycles. The largest absolute Gasteiger partial charge is 0.491 e. The van der Waals surface area contributed by atoms with Gasteiger partial charge < -0.3 is 19.5 Å². The number of aliphatic hydroxyl groups is 1. The quantitative estimate of drug-likeness (QED) is 0.355. The van der Waals surface area contributed by atoms with Gasteiger partial charge in [0, 0.05) is 36.0 Å². The van der Waals surface area contributed by atoms with Crippen LogP contribution >= 0.6 is 0 Å². The summed E-state index contributed by atoms with van der Waals surface area (Å²) in [6.07, 6.45) is 4.26. The van der Waals surface area contributed by atoms with Crippen molar-refractivity contribution in [2.24, 2.45) is 5.92 Å². The smallest absolute Gasteiger partial charge is 0.143 e. The second-order valence-electron chi connectivity index (χ2n) is 10.8. The van der Waals surface area contributed by atoms with Crippen LogP contribution in [0.3, 0.4) is 0 Å². The van der Waals surface area contributed by atoms with Crippen molar-refractivity contribution in [2.45, 2.75) is 45.3 Å². The van der Waals surface area contributed by atoms with Gasteiger partial charge in [-0.05, 0) is 62.4 Å². The third-order valence-corrected chi connectivity index (χ3v) is 7.82. The monoisotopic (exact) mass is 516 g/mol. The van der Waals surface area contributed by atoms with Crippen LogP contribution in [-0.4, -0.2) is 52.2 Å². The maximum absolute atomic E-state index is 15.0. The number of hydrogen-bond acceptors (Lipinski definition) is 6. The zero-order valence-corrected chi connectivity index (χ0v) is 21.8. The van der Waals surface area contributed by atoms with Gasteiger partial charge in [0.1, 0.15) is 17.3 Å². The Morgan fingerprint density at radius 2 is 1.95 bits per heavy atom. The molecule has 0 atom stereocenters. The summed E-state index contributed by atoms with van der Waals surface area (Å²) in [5.74, 6) is 0.760. The molecule has 0 unspecified atom stereocenters. The van der Waals surface area contributed by atoms with Crippen molar-refractivity contribution >= 4 is 16.6 Å². The van der Waals surface area contributed by atoms with Crippen molar-refractivity contribution in [3.63, 3.8) is 0 Å². The maximum Gasteiger partial charge on any atom is 0.143 e. The number of aromatic nitrogens is 3. The number of nitrogens with zero attached hydrogens (tertiary/aromatic N) is 3. The summed E-state index contributed by atoms with van der Waals surface area (Å²) < 4.78 is 27.3. The molecular formula is C30H33FN4O3. The number of nitrogens with one attached hydrogen (secondary N) is 1. The number of H-pyrrole nitrogens is 1. The summed E-state index contributed by atoms with van der Waals surface area (Å²) in [6.45, 7) is 6.80. The highest BCUT2D eigenvalue weighted by Crippen LogP contribution is 2.39. The highest BCUT2D eigenvalue weighted by Gasteiger charge is 2.31. The van der Waals surface area contributed by atoms with Crippen LogP contribution in [0.4, 0.5) is 10.1 Å². The van der Waals surface area contributed by atoms with Crippen molar-refractivity contribution < 1.29 is 19.0 Å². The molecule has 2 aliphatic rings. The SMILES string of the molecule is CC(C)(O)C1CCN(c2ccc3cc2OCCCOCc2cccc(F)c2-c2cc4c-3n[nH]c4cn2)CC1. The van der Waals surface area contributed by atoms with Gasteiger partial charge in [0.2, 0.25) is 0 Å². The standard InChI is InChI=1S/C30H33FN4O3/c1-30(2,36)21-9-11-35(12-10-21)26-8-7-19-15-27(26)38-14-4-13-37-18-20-5-3-6-23(31)28(20)24-16-22-25(17-32-24)33-34-29(19)22/h3,5-8,15-17,21,36H,4,9-14,18H2,1-2H3,(H,33,34). The van der Waals surface area contributed by atoms with Crippen molar-refractivity contribution in [1.82, 2.24) is 15.2 Å². The van der Waals surface area contributed by atoms with Gasteiger partial charge in [-0.1, -0.05) is 18.2 Å². The number of fused-ring (bicyclic) bond motifs is 6. The van der Waals surface area contributed by atoms with Crippen molar-refractivity contribution in [2.75, 3.05) is 31.2 Å². The number of ether oxygens (including phenoxy) is 2. The molecule has 4 heterocycles. The lowest BCUT2D eigenvalue weighted by Crippen LogP contribution is -2.42. The summed E-state index contributed by atoms with van der Waals surface area (Å²) in [6, 6.07) is 13.1. The minimum atomic E-state index is -0.670. The van der Waals surface area contributed by atoms with Crippen LogP contribution in [0.1, 0.15) is 38.7 Å². The van der Waals surface area contributed by atoms with E-state index in [1.807, 2.05) is 32.0 Å². The molecule has 8 heteroatoms. The van der Waals surface area contributed by atoms with E-state index >= 15 is 4.39 Å². The molecule has 2 aromatic carbocycles. The van der Waals surface area contributed by atoms with E-state index < -0.39 is 5.60 Å². The molecule has 198 valence electrons. The molecule has 4 aromatic rings. The molecule has 1 fully saturated rings. The number of piperidine rings is 1. The van der Waals surface area contributed by atoms with Gasteiger partial charge in [0.15, 0.2) is 0 Å². The predicted molar refractivity (Wildman–Crippen MR) is 146 cm³/mol.